The second kappa shape index (κ2) is 3.53. The molecule has 0 heterocycles. The second-order valence-corrected chi connectivity index (χ2v) is 2.30. The average molecular weight is 147 g/mol. The van der Waals surface area contributed by atoms with E-state index in [1.54, 1.807) is 6.92 Å². The zero-order chi connectivity index (χ0) is 8.20. The summed E-state index contributed by atoms with van der Waals surface area (Å²) >= 11 is 0. The van der Waals surface area contributed by atoms with Crippen LogP contribution in [-0.2, 0) is 9.53 Å². The van der Waals surface area contributed by atoms with Gasteiger partial charge in [0.25, 0.3) is 0 Å². The minimum atomic E-state index is -1.25. The monoisotopic (exact) mass is 147 g/mol. The minimum absolute atomic E-state index is 0.283. The van der Waals surface area contributed by atoms with E-state index in [0.29, 0.717) is 0 Å². The Hall–Kier alpha value is -0.610. The van der Waals surface area contributed by atoms with Crippen LogP contribution in [0.15, 0.2) is 0 Å². The molecule has 0 aromatic rings. The van der Waals surface area contributed by atoms with Crippen LogP contribution in [0.2, 0.25) is 0 Å². The Morgan fingerprint density at radius 1 is 1.80 bits per heavy atom. The maximum absolute atomic E-state index is 10.8. The Morgan fingerprint density at radius 3 is 2.60 bits per heavy atom. The maximum atomic E-state index is 10.8. The van der Waals surface area contributed by atoms with Gasteiger partial charge in [-0.3, -0.25) is 0 Å². The summed E-state index contributed by atoms with van der Waals surface area (Å²) in [6.07, 6.45) is 0. The molecule has 4 heteroatoms. The number of esters is 1. The van der Waals surface area contributed by atoms with E-state index < -0.39 is 18.1 Å². The lowest BCUT2D eigenvalue weighted by atomic mass is 10.1. The second-order valence-electron chi connectivity index (χ2n) is 2.30. The number of carbonyl (C=O) groups is 1. The molecule has 0 saturated heterocycles. The van der Waals surface area contributed by atoms with Gasteiger partial charge in [0, 0.05) is 0 Å². The van der Waals surface area contributed by atoms with Gasteiger partial charge in [-0.15, -0.1) is 0 Å². The molecule has 0 spiro atoms. The molecule has 0 fully saturated rings. The van der Waals surface area contributed by atoms with Gasteiger partial charge < -0.3 is 15.6 Å². The zero-order valence-corrected chi connectivity index (χ0v) is 6.26. The van der Waals surface area contributed by atoms with Gasteiger partial charge in [0.15, 0.2) is 0 Å². The molecule has 0 aliphatic rings. The molecule has 1 atom stereocenters. The fraction of sp³-hybridized carbons (Fsp3) is 0.833. The van der Waals surface area contributed by atoms with E-state index in [1.165, 1.54) is 6.92 Å². The molecular weight excluding hydrogens is 134 g/mol. The summed E-state index contributed by atoms with van der Waals surface area (Å²) in [5, 5.41) is 8.57. The van der Waals surface area contributed by atoms with Crippen molar-refractivity contribution in [2.75, 3.05) is 13.2 Å². The van der Waals surface area contributed by atoms with Crippen molar-refractivity contribution in [1.29, 1.82) is 0 Å². The highest BCUT2D eigenvalue weighted by molar-refractivity contribution is 5.80. The molecule has 0 amide bonds. The molecule has 0 rings (SSSR count). The van der Waals surface area contributed by atoms with Crippen molar-refractivity contribution >= 4 is 5.97 Å². The van der Waals surface area contributed by atoms with Crippen LogP contribution in [0.4, 0.5) is 0 Å². The molecule has 0 aromatic heterocycles. The topological polar surface area (TPSA) is 72.5 Å². The van der Waals surface area contributed by atoms with Gasteiger partial charge in [0.05, 0.1) is 13.2 Å². The van der Waals surface area contributed by atoms with Crippen LogP contribution in [-0.4, -0.2) is 29.8 Å². The van der Waals surface area contributed by atoms with Gasteiger partial charge >= 0.3 is 5.97 Å². The van der Waals surface area contributed by atoms with E-state index in [9.17, 15) is 4.79 Å². The molecule has 10 heavy (non-hydrogen) atoms. The standard InChI is InChI=1S/C6H13NO3/c1-3-10-5(9)6(2,7)4-8/h8H,3-4,7H2,1-2H3/t6-/m0/s1. The molecule has 0 aliphatic heterocycles. The highest BCUT2D eigenvalue weighted by Crippen LogP contribution is 1.99. The van der Waals surface area contributed by atoms with Crippen molar-refractivity contribution in [3.63, 3.8) is 0 Å². The van der Waals surface area contributed by atoms with E-state index in [0.717, 1.165) is 0 Å². The number of ether oxygens (including phenoxy) is 1. The summed E-state index contributed by atoms with van der Waals surface area (Å²) in [7, 11) is 0. The van der Waals surface area contributed by atoms with Gasteiger partial charge in [-0.05, 0) is 13.8 Å². The minimum Gasteiger partial charge on any atom is -0.465 e. The Balaban J connectivity index is 3.91. The zero-order valence-electron chi connectivity index (χ0n) is 6.26. The first kappa shape index (κ1) is 9.39. The van der Waals surface area contributed by atoms with Crippen LogP contribution in [0.5, 0.6) is 0 Å². The average Bonchev–Trinajstić information content (AvgIpc) is 1.89. The number of nitrogens with two attached hydrogens (primary N) is 1. The Kier molecular flexibility index (Phi) is 3.32. The van der Waals surface area contributed by atoms with Crippen molar-refractivity contribution in [2.45, 2.75) is 19.4 Å². The van der Waals surface area contributed by atoms with E-state index in [1.807, 2.05) is 0 Å². The van der Waals surface area contributed by atoms with Crippen molar-refractivity contribution < 1.29 is 14.6 Å². The highest BCUT2D eigenvalue weighted by atomic mass is 16.5. The third-order valence-corrected chi connectivity index (χ3v) is 1.07. The highest BCUT2D eigenvalue weighted by Gasteiger charge is 2.28. The SMILES string of the molecule is CCOC(=O)[C@@](C)(N)CO. The Labute approximate surface area is 60.0 Å². The molecule has 3 N–H and O–H groups in total. The lowest BCUT2D eigenvalue weighted by Crippen LogP contribution is -2.49. The fourth-order valence-electron chi connectivity index (χ4n) is 0.361. The summed E-state index contributed by atoms with van der Waals surface area (Å²) < 4.78 is 4.57. The van der Waals surface area contributed by atoms with Crippen LogP contribution >= 0.6 is 0 Å². The molecule has 0 aliphatic carbocycles. The van der Waals surface area contributed by atoms with Crippen molar-refractivity contribution in [2.24, 2.45) is 5.73 Å². The van der Waals surface area contributed by atoms with Crippen LogP contribution in [0.25, 0.3) is 0 Å². The van der Waals surface area contributed by atoms with Crippen molar-refractivity contribution in [3.8, 4) is 0 Å². The Morgan fingerprint density at radius 2 is 2.30 bits per heavy atom. The third kappa shape index (κ3) is 2.33. The Bertz CT molecular complexity index is 122. The molecule has 4 nitrogen and oxygen atoms in total. The van der Waals surface area contributed by atoms with Gasteiger partial charge in [0.1, 0.15) is 5.54 Å². The summed E-state index contributed by atoms with van der Waals surface area (Å²) in [4.78, 5) is 10.8. The van der Waals surface area contributed by atoms with E-state index >= 15 is 0 Å². The van der Waals surface area contributed by atoms with Gasteiger partial charge in [-0.1, -0.05) is 0 Å². The molecule has 0 aromatic carbocycles. The molecule has 0 bridgehead atoms. The van der Waals surface area contributed by atoms with Crippen LogP contribution in [0.3, 0.4) is 0 Å². The number of hydrogen-bond acceptors (Lipinski definition) is 4. The number of rotatable bonds is 3. The third-order valence-electron chi connectivity index (χ3n) is 1.07. The fourth-order valence-corrected chi connectivity index (χ4v) is 0.361. The predicted molar refractivity (Wildman–Crippen MR) is 36.3 cm³/mol. The molecule has 60 valence electrons. The molecule has 0 radical (unpaired) electrons. The van der Waals surface area contributed by atoms with Gasteiger partial charge in [-0.2, -0.15) is 0 Å². The van der Waals surface area contributed by atoms with E-state index in [-0.39, 0.29) is 6.61 Å². The number of hydrogen-bond donors (Lipinski definition) is 2. The molecular formula is C6H13NO3. The first-order valence-corrected chi connectivity index (χ1v) is 3.11. The first-order chi connectivity index (χ1) is 4.54. The van der Waals surface area contributed by atoms with Crippen LogP contribution < -0.4 is 5.73 Å². The molecule has 0 unspecified atom stereocenters. The van der Waals surface area contributed by atoms with E-state index in [4.69, 9.17) is 10.8 Å². The smallest absolute Gasteiger partial charge is 0.328 e. The number of aliphatic hydroxyl groups excluding tert-OH is 1. The number of aliphatic hydroxyl groups is 1. The summed E-state index contributed by atoms with van der Waals surface area (Å²) in [6, 6.07) is 0. The van der Waals surface area contributed by atoms with Gasteiger partial charge in [0.2, 0.25) is 0 Å². The lowest BCUT2D eigenvalue weighted by Gasteiger charge is -2.18. The summed E-state index contributed by atoms with van der Waals surface area (Å²) in [5.41, 5.74) is 4.07. The molecule has 0 saturated carbocycles. The first-order valence-electron chi connectivity index (χ1n) is 3.11. The van der Waals surface area contributed by atoms with E-state index in [2.05, 4.69) is 4.74 Å². The van der Waals surface area contributed by atoms with Crippen molar-refractivity contribution in [1.82, 2.24) is 0 Å². The van der Waals surface area contributed by atoms with Crippen LogP contribution in [0, 0.1) is 0 Å². The number of carbonyl (C=O) groups excluding carboxylic acids is 1. The lowest BCUT2D eigenvalue weighted by molar-refractivity contribution is -0.150. The quantitative estimate of drug-likeness (QED) is 0.516. The maximum Gasteiger partial charge on any atom is 0.328 e. The summed E-state index contributed by atoms with van der Waals surface area (Å²) in [6.45, 7) is 2.99. The van der Waals surface area contributed by atoms with Gasteiger partial charge in [-0.25, -0.2) is 4.79 Å². The van der Waals surface area contributed by atoms with Crippen LogP contribution in [0.1, 0.15) is 13.8 Å². The predicted octanol–water partition coefficient (Wildman–Crippen LogP) is -0.741. The summed E-state index contributed by atoms with van der Waals surface area (Å²) in [5.74, 6) is -0.572. The van der Waals surface area contributed by atoms with Crippen molar-refractivity contribution in [3.05, 3.63) is 0 Å². The largest absolute Gasteiger partial charge is 0.465 e. The normalized spacial score (nSPS) is 16.0.